The molecule has 0 spiro atoms. The summed E-state index contributed by atoms with van der Waals surface area (Å²) in [6, 6.07) is 22.8. The minimum Gasteiger partial charge on any atom is -0.341 e. The molecule has 0 N–H and O–H groups in total. The fourth-order valence-electron chi connectivity index (χ4n) is 3.18. The predicted molar refractivity (Wildman–Crippen MR) is 99.0 cm³/mol. The first-order chi connectivity index (χ1) is 11.9. The van der Waals surface area contributed by atoms with Crippen LogP contribution in [0.4, 0.5) is 5.95 Å². The van der Waals surface area contributed by atoms with Crippen molar-refractivity contribution in [3.8, 4) is 22.5 Å². The second kappa shape index (κ2) is 6.83. The molecule has 3 nitrogen and oxygen atoms in total. The molecule has 0 atom stereocenters. The van der Waals surface area contributed by atoms with E-state index in [2.05, 4.69) is 59.5 Å². The Morgan fingerprint density at radius 1 is 0.625 bits per heavy atom. The topological polar surface area (TPSA) is 29.0 Å². The van der Waals surface area contributed by atoms with Crippen LogP contribution in [0.1, 0.15) is 19.3 Å². The Balaban J connectivity index is 1.81. The number of benzene rings is 2. The lowest BCUT2D eigenvalue weighted by atomic mass is 10.1. The van der Waals surface area contributed by atoms with E-state index in [-0.39, 0.29) is 0 Å². The van der Waals surface area contributed by atoms with Crippen molar-refractivity contribution in [3.63, 3.8) is 0 Å². The van der Waals surface area contributed by atoms with Crippen LogP contribution in [0.5, 0.6) is 0 Å². The van der Waals surface area contributed by atoms with Crippen molar-refractivity contribution in [1.82, 2.24) is 9.97 Å². The lowest BCUT2D eigenvalue weighted by molar-refractivity contribution is 0.568. The van der Waals surface area contributed by atoms with Crippen LogP contribution in [0.15, 0.2) is 66.7 Å². The van der Waals surface area contributed by atoms with Crippen LogP contribution in [-0.4, -0.2) is 23.1 Å². The van der Waals surface area contributed by atoms with Crippen molar-refractivity contribution < 1.29 is 0 Å². The summed E-state index contributed by atoms with van der Waals surface area (Å²) in [5.74, 6) is 0.856. The molecule has 0 amide bonds. The summed E-state index contributed by atoms with van der Waals surface area (Å²) in [5, 5.41) is 0. The second-order valence-electron chi connectivity index (χ2n) is 6.22. The molecule has 1 fully saturated rings. The standard InChI is InChI=1S/C21H21N3/c1-4-10-17(11-5-1)19-16-20(18-12-6-2-7-13-18)23-21(22-19)24-14-8-3-9-15-24/h1-2,4-7,10-13,16H,3,8-9,14-15H2. The summed E-state index contributed by atoms with van der Waals surface area (Å²) in [6.07, 6.45) is 3.75. The number of hydrogen-bond acceptors (Lipinski definition) is 3. The summed E-state index contributed by atoms with van der Waals surface area (Å²) in [6.45, 7) is 2.10. The Kier molecular flexibility index (Phi) is 4.24. The second-order valence-corrected chi connectivity index (χ2v) is 6.22. The number of piperidine rings is 1. The Morgan fingerprint density at radius 2 is 1.12 bits per heavy atom. The zero-order valence-corrected chi connectivity index (χ0v) is 13.7. The average Bonchev–Trinajstić information content (AvgIpc) is 2.70. The zero-order valence-electron chi connectivity index (χ0n) is 13.7. The molecule has 2 heterocycles. The third kappa shape index (κ3) is 3.16. The highest BCUT2D eigenvalue weighted by Crippen LogP contribution is 2.27. The summed E-state index contributed by atoms with van der Waals surface area (Å²) >= 11 is 0. The highest BCUT2D eigenvalue weighted by molar-refractivity contribution is 5.69. The SMILES string of the molecule is c1ccc(-c2cc(-c3ccccc3)nc(N3CCCCC3)n2)cc1. The lowest BCUT2D eigenvalue weighted by Crippen LogP contribution is -2.31. The fourth-order valence-corrected chi connectivity index (χ4v) is 3.18. The van der Waals surface area contributed by atoms with Gasteiger partial charge in [-0.25, -0.2) is 9.97 Å². The third-order valence-corrected chi connectivity index (χ3v) is 4.49. The van der Waals surface area contributed by atoms with Gasteiger partial charge in [0.2, 0.25) is 5.95 Å². The molecule has 4 rings (SSSR count). The lowest BCUT2D eigenvalue weighted by Gasteiger charge is -2.27. The number of anilines is 1. The van der Waals surface area contributed by atoms with Crippen molar-refractivity contribution >= 4 is 5.95 Å². The van der Waals surface area contributed by atoms with Crippen LogP contribution >= 0.6 is 0 Å². The van der Waals surface area contributed by atoms with Gasteiger partial charge in [-0.05, 0) is 25.3 Å². The highest BCUT2D eigenvalue weighted by atomic mass is 15.3. The predicted octanol–water partition coefficient (Wildman–Crippen LogP) is 4.80. The van der Waals surface area contributed by atoms with Crippen LogP contribution in [-0.2, 0) is 0 Å². The van der Waals surface area contributed by atoms with Crippen molar-refractivity contribution in [2.75, 3.05) is 18.0 Å². The van der Waals surface area contributed by atoms with Gasteiger partial charge in [0.05, 0.1) is 11.4 Å². The number of rotatable bonds is 3. The molecular weight excluding hydrogens is 294 g/mol. The van der Waals surface area contributed by atoms with Gasteiger partial charge >= 0.3 is 0 Å². The maximum atomic E-state index is 4.87. The molecule has 0 saturated carbocycles. The van der Waals surface area contributed by atoms with Gasteiger partial charge in [0.15, 0.2) is 0 Å². The third-order valence-electron chi connectivity index (χ3n) is 4.49. The van der Waals surface area contributed by atoms with E-state index in [1.165, 1.54) is 19.3 Å². The maximum absolute atomic E-state index is 4.87. The Morgan fingerprint density at radius 3 is 1.62 bits per heavy atom. The largest absolute Gasteiger partial charge is 0.341 e. The molecule has 0 aliphatic carbocycles. The van der Waals surface area contributed by atoms with Crippen molar-refractivity contribution in [1.29, 1.82) is 0 Å². The van der Waals surface area contributed by atoms with Gasteiger partial charge < -0.3 is 4.90 Å². The smallest absolute Gasteiger partial charge is 0.226 e. The van der Waals surface area contributed by atoms with E-state index in [1.54, 1.807) is 0 Å². The van der Waals surface area contributed by atoms with E-state index in [9.17, 15) is 0 Å². The molecule has 1 aliphatic rings. The maximum Gasteiger partial charge on any atom is 0.226 e. The van der Waals surface area contributed by atoms with Gasteiger partial charge in [0.1, 0.15) is 0 Å². The van der Waals surface area contributed by atoms with Crippen molar-refractivity contribution in [2.45, 2.75) is 19.3 Å². The summed E-state index contributed by atoms with van der Waals surface area (Å²) in [7, 11) is 0. The number of nitrogens with zero attached hydrogens (tertiary/aromatic N) is 3. The first kappa shape index (κ1) is 14.9. The van der Waals surface area contributed by atoms with E-state index < -0.39 is 0 Å². The molecule has 0 radical (unpaired) electrons. The Labute approximate surface area is 143 Å². The Bertz CT molecular complexity index is 736. The van der Waals surface area contributed by atoms with Crippen LogP contribution in [0.3, 0.4) is 0 Å². The van der Waals surface area contributed by atoms with Crippen molar-refractivity contribution in [2.24, 2.45) is 0 Å². The van der Waals surface area contributed by atoms with E-state index >= 15 is 0 Å². The summed E-state index contributed by atoms with van der Waals surface area (Å²) < 4.78 is 0. The molecule has 24 heavy (non-hydrogen) atoms. The van der Waals surface area contributed by atoms with Gasteiger partial charge in [-0.15, -0.1) is 0 Å². The molecule has 0 bridgehead atoms. The van der Waals surface area contributed by atoms with E-state index in [0.717, 1.165) is 41.6 Å². The van der Waals surface area contributed by atoms with Gasteiger partial charge in [-0.3, -0.25) is 0 Å². The van der Waals surface area contributed by atoms with E-state index in [4.69, 9.17) is 9.97 Å². The molecule has 3 aromatic rings. The molecule has 1 aliphatic heterocycles. The van der Waals surface area contributed by atoms with E-state index in [1.807, 2.05) is 12.1 Å². The molecular formula is C21H21N3. The quantitative estimate of drug-likeness (QED) is 0.695. The van der Waals surface area contributed by atoms with Gasteiger partial charge in [0, 0.05) is 24.2 Å². The summed E-state index contributed by atoms with van der Waals surface area (Å²) in [5.41, 5.74) is 4.25. The monoisotopic (exact) mass is 315 g/mol. The van der Waals surface area contributed by atoms with Crippen LogP contribution < -0.4 is 4.90 Å². The molecule has 1 aromatic heterocycles. The first-order valence-corrected chi connectivity index (χ1v) is 8.65. The van der Waals surface area contributed by atoms with Gasteiger partial charge in [0.25, 0.3) is 0 Å². The molecule has 3 heteroatoms. The van der Waals surface area contributed by atoms with Crippen molar-refractivity contribution in [3.05, 3.63) is 66.7 Å². The van der Waals surface area contributed by atoms with Crippen LogP contribution in [0, 0.1) is 0 Å². The normalized spacial score (nSPS) is 14.6. The minimum atomic E-state index is 0.856. The van der Waals surface area contributed by atoms with E-state index in [0.29, 0.717) is 0 Å². The summed E-state index contributed by atoms with van der Waals surface area (Å²) in [4.78, 5) is 12.1. The Hall–Kier alpha value is -2.68. The first-order valence-electron chi connectivity index (χ1n) is 8.65. The van der Waals surface area contributed by atoms with Crippen LogP contribution in [0.25, 0.3) is 22.5 Å². The molecule has 1 saturated heterocycles. The number of aromatic nitrogens is 2. The van der Waals surface area contributed by atoms with Crippen LogP contribution in [0.2, 0.25) is 0 Å². The number of hydrogen-bond donors (Lipinski definition) is 0. The minimum absolute atomic E-state index is 0.856. The highest BCUT2D eigenvalue weighted by Gasteiger charge is 2.16. The molecule has 0 unspecified atom stereocenters. The zero-order chi connectivity index (χ0) is 16.2. The van der Waals surface area contributed by atoms with Gasteiger partial charge in [-0.1, -0.05) is 60.7 Å². The molecule has 2 aromatic carbocycles. The average molecular weight is 315 g/mol. The molecule has 120 valence electrons. The van der Waals surface area contributed by atoms with Gasteiger partial charge in [-0.2, -0.15) is 0 Å². The fraction of sp³-hybridized carbons (Fsp3) is 0.238.